The summed E-state index contributed by atoms with van der Waals surface area (Å²) >= 11 is 0. The second-order valence-electron chi connectivity index (χ2n) is 5.20. The molecule has 1 saturated carbocycles. The Hall–Kier alpha value is -0.610. The maximum Gasteiger partial charge on any atom is 0.220 e. The molecular weight excluding hydrogens is 216 g/mol. The van der Waals surface area contributed by atoms with Crippen molar-refractivity contribution in [3.8, 4) is 0 Å². The van der Waals surface area contributed by atoms with Gasteiger partial charge < -0.3 is 16.2 Å². The van der Waals surface area contributed by atoms with Crippen LogP contribution in [-0.4, -0.2) is 30.2 Å². The van der Waals surface area contributed by atoms with E-state index in [0.29, 0.717) is 31.3 Å². The van der Waals surface area contributed by atoms with Gasteiger partial charge in [0.15, 0.2) is 0 Å². The van der Waals surface area contributed by atoms with E-state index in [4.69, 9.17) is 5.73 Å². The molecule has 1 amide bonds. The molecule has 0 radical (unpaired) electrons. The number of nitrogens with one attached hydrogen (secondary N) is 1. The quantitative estimate of drug-likeness (QED) is 0.651. The first-order valence-corrected chi connectivity index (χ1v) is 6.80. The van der Waals surface area contributed by atoms with Crippen molar-refractivity contribution in [3.05, 3.63) is 0 Å². The van der Waals surface area contributed by atoms with Gasteiger partial charge in [0, 0.05) is 13.0 Å². The summed E-state index contributed by atoms with van der Waals surface area (Å²) in [5, 5.41) is 12.5. The fourth-order valence-electron chi connectivity index (χ4n) is 2.43. The molecule has 4 heteroatoms. The molecule has 3 unspecified atom stereocenters. The van der Waals surface area contributed by atoms with E-state index in [9.17, 15) is 9.90 Å². The van der Waals surface area contributed by atoms with Crippen molar-refractivity contribution in [3.63, 3.8) is 0 Å². The molecule has 0 aromatic carbocycles. The van der Waals surface area contributed by atoms with Crippen molar-refractivity contribution in [2.24, 2.45) is 17.6 Å². The van der Waals surface area contributed by atoms with Crippen LogP contribution in [0.1, 0.15) is 45.4 Å². The number of carbonyl (C=O) groups excluding carboxylic acids is 1. The van der Waals surface area contributed by atoms with Crippen LogP contribution in [0, 0.1) is 11.8 Å². The summed E-state index contributed by atoms with van der Waals surface area (Å²) in [6.07, 6.45) is 5.24. The number of hydrogen-bond donors (Lipinski definition) is 3. The molecule has 0 aliphatic heterocycles. The molecule has 100 valence electrons. The largest absolute Gasteiger partial charge is 0.393 e. The molecule has 1 rings (SSSR count). The Kier molecular flexibility index (Phi) is 6.52. The van der Waals surface area contributed by atoms with Crippen LogP contribution < -0.4 is 11.1 Å². The van der Waals surface area contributed by atoms with Gasteiger partial charge in [-0.05, 0) is 37.6 Å². The van der Waals surface area contributed by atoms with E-state index in [-0.39, 0.29) is 12.0 Å². The fraction of sp³-hybridized carbons (Fsp3) is 0.923. The third-order valence-electron chi connectivity index (χ3n) is 3.73. The van der Waals surface area contributed by atoms with Gasteiger partial charge in [0.1, 0.15) is 0 Å². The molecule has 4 nitrogen and oxygen atoms in total. The van der Waals surface area contributed by atoms with Crippen LogP contribution >= 0.6 is 0 Å². The lowest BCUT2D eigenvalue weighted by molar-refractivity contribution is -0.122. The van der Waals surface area contributed by atoms with Gasteiger partial charge in [-0.25, -0.2) is 0 Å². The monoisotopic (exact) mass is 242 g/mol. The standard InChI is InChI=1S/C13H26N2O2/c1-2-10(8-14)7-13(17)15-9-11-4-3-5-12(16)6-11/h10-12,16H,2-9,14H2,1H3,(H,15,17). The van der Waals surface area contributed by atoms with Crippen LogP contribution in [-0.2, 0) is 4.79 Å². The summed E-state index contributed by atoms with van der Waals surface area (Å²) in [6.45, 7) is 3.34. The average molecular weight is 242 g/mol. The Morgan fingerprint density at radius 3 is 2.88 bits per heavy atom. The van der Waals surface area contributed by atoms with E-state index in [0.717, 1.165) is 32.1 Å². The van der Waals surface area contributed by atoms with Gasteiger partial charge in [-0.3, -0.25) is 4.79 Å². The van der Waals surface area contributed by atoms with E-state index in [2.05, 4.69) is 12.2 Å². The Morgan fingerprint density at radius 1 is 1.53 bits per heavy atom. The predicted molar refractivity (Wildman–Crippen MR) is 68.4 cm³/mol. The first-order chi connectivity index (χ1) is 8.15. The highest BCUT2D eigenvalue weighted by molar-refractivity contribution is 5.76. The fourth-order valence-corrected chi connectivity index (χ4v) is 2.43. The van der Waals surface area contributed by atoms with Gasteiger partial charge in [0.25, 0.3) is 0 Å². The highest BCUT2D eigenvalue weighted by atomic mass is 16.3. The predicted octanol–water partition coefficient (Wildman–Crippen LogP) is 1.03. The Bertz CT molecular complexity index is 229. The summed E-state index contributed by atoms with van der Waals surface area (Å²) in [4.78, 5) is 11.7. The lowest BCUT2D eigenvalue weighted by Gasteiger charge is -2.26. The summed E-state index contributed by atoms with van der Waals surface area (Å²) in [5.74, 6) is 0.843. The first-order valence-electron chi connectivity index (χ1n) is 6.80. The maximum absolute atomic E-state index is 11.7. The summed E-state index contributed by atoms with van der Waals surface area (Å²) in [6, 6.07) is 0. The molecule has 0 bridgehead atoms. The van der Waals surface area contributed by atoms with E-state index >= 15 is 0 Å². The SMILES string of the molecule is CCC(CN)CC(=O)NCC1CCCC(O)C1. The van der Waals surface area contributed by atoms with Crippen LogP contribution in [0.2, 0.25) is 0 Å². The minimum Gasteiger partial charge on any atom is -0.393 e. The number of carbonyl (C=O) groups is 1. The zero-order chi connectivity index (χ0) is 12.7. The first kappa shape index (κ1) is 14.5. The van der Waals surface area contributed by atoms with Gasteiger partial charge >= 0.3 is 0 Å². The van der Waals surface area contributed by atoms with E-state index in [1.165, 1.54) is 0 Å². The average Bonchev–Trinajstić information content (AvgIpc) is 2.33. The number of hydrogen-bond acceptors (Lipinski definition) is 3. The molecule has 0 aromatic heterocycles. The highest BCUT2D eigenvalue weighted by Gasteiger charge is 2.20. The molecule has 1 fully saturated rings. The molecule has 0 aromatic rings. The van der Waals surface area contributed by atoms with Crippen LogP contribution in [0.4, 0.5) is 0 Å². The van der Waals surface area contributed by atoms with Crippen molar-refractivity contribution in [2.45, 2.75) is 51.6 Å². The number of nitrogens with two attached hydrogens (primary N) is 1. The van der Waals surface area contributed by atoms with Crippen molar-refractivity contribution >= 4 is 5.91 Å². The number of aliphatic hydroxyl groups is 1. The van der Waals surface area contributed by atoms with Crippen LogP contribution in [0.5, 0.6) is 0 Å². The minimum atomic E-state index is -0.168. The maximum atomic E-state index is 11.7. The second-order valence-corrected chi connectivity index (χ2v) is 5.20. The van der Waals surface area contributed by atoms with E-state index in [1.807, 2.05) is 0 Å². The van der Waals surface area contributed by atoms with E-state index < -0.39 is 0 Å². The number of amides is 1. The molecule has 1 aliphatic rings. The normalized spacial score (nSPS) is 26.5. The molecule has 4 N–H and O–H groups in total. The highest BCUT2D eigenvalue weighted by Crippen LogP contribution is 2.23. The van der Waals surface area contributed by atoms with Gasteiger partial charge in [0.2, 0.25) is 5.91 Å². The summed E-state index contributed by atoms with van der Waals surface area (Å²) < 4.78 is 0. The Morgan fingerprint density at radius 2 is 2.29 bits per heavy atom. The molecule has 0 spiro atoms. The van der Waals surface area contributed by atoms with Crippen molar-refractivity contribution < 1.29 is 9.90 Å². The summed E-state index contributed by atoms with van der Waals surface area (Å²) in [7, 11) is 0. The van der Waals surface area contributed by atoms with Gasteiger partial charge in [0.05, 0.1) is 6.10 Å². The molecule has 0 heterocycles. The zero-order valence-corrected chi connectivity index (χ0v) is 10.8. The Labute approximate surface area is 104 Å². The molecular formula is C13H26N2O2. The second kappa shape index (κ2) is 7.67. The Balaban J connectivity index is 2.18. The van der Waals surface area contributed by atoms with Crippen LogP contribution in [0.3, 0.4) is 0 Å². The topological polar surface area (TPSA) is 75.4 Å². The van der Waals surface area contributed by atoms with Crippen LogP contribution in [0.15, 0.2) is 0 Å². The van der Waals surface area contributed by atoms with E-state index in [1.54, 1.807) is 0 Å². The van der Waals surface area contributed by atoms with Crippen LogP contribution in [0.25, 0.3) is 0 Å². The third-order valence-corrected chi connectivity index (χ3v) is 3.73. The lowest BCUT2D eigenvalue weighted by atomic mass is 9.87. The van der Waals surface area contributed by atoms with Crippen molar-refractivity contribution in [1.29, 1.82) is 0 Å². The van der Waals surface area contributed by atoms with Gasteiger partial charge in [-0.15, -0.1) is 0 Å². The van der Waals surface area contributed by atoms with Crippen molar-refractivity contribution in [2.75, 3.05) is 13.1 Å². The molecule has 3 atom stereocenters. The summed E-state index contributed by atoms with van der Waals surface area (Å²) in [5.41, 5.74) is 5.58. The molecule has 17 heavy (non-hydrogen) atoms. The minimum absolute atomic E-state index is 0.0994. The zero-order valence-electron chi connectivity index (χ0n) is 10.8. The third kappa shape index (κ3) is 5.50. The lowest BCUT2D eigenvalue weighted by Crippen LogP contribution is -2.34. The smallest absolute Gasteiger partial charge is 0.220 e. The van der Waals surface area contributed by atoms with Gasteiger partial charge in [-0.1, -0.05) is 19.8 Å². The molecule has 1 aliphatic carbocycles. The number of aliphatic hydroxyl groups excluding tert-OH is 1. The number of rotatable bonds is 6. The molecule has 0 saturated heterocycles. The van der Waals surface area contributed by atoms with Crippen molar-refractivity contribution in [1.82, 2.24) is 5.32 Å². The van der Waals surface area contributed by atoms with Gasteiger partial charge in [-0.2, -0.15) is 0 Å².